The topological polar surface area (TPSA) is 0 Å². The molecule has 0 saturated carbocycles. The van der Waals surface area contributed by atoms with Crippen molar-refractivity contribution in [2.45, 2.75) is 77.6 Å². The van der Waals surface area contributed by atoms with Gasteiger partial charge in [-0.3, -0.25) is 0 Å². The van der Waals surface area contributed by atoms with Crippen LogP contribution in [0.25, 0.3) is 0 Å². The second-order valence-electron chi connectivity index (χ2n) is 9.42. The van der Waals surface area contributed by atoms with Gasteiger partial charge in [0.1, 0.15) is 0 Å². The van der Waals surface area contributed by atoms with E-state index in [0.29, 0.717) is 0 Å². The van der Waals surface area contributed by atoms with Gasteiger partial charge < -0.3 is 0 Å². The van der Waals surface area contributed by atoms with Crippen molar-refractivity contribution in [2.24, 2.45) is 0 Å². The van der Waals surface area contributed by atoms with Gasteiger partial charge in [-0.2, -0.15) is 0 Å². The van der Waals surface area contributed by atoms with Crippen molar-refractivity contribution in [3.8, 4) is 0 Å². The summed E-state index contributed by atoms with van der Waals surface area (Å²) in [5.41, 5.74) is 1.49. The molecule has 0 bridgehead atoms. The van der Waals surface area contributed by atoms with Crippen LogP contribution in [0.3, 0.4) is 0 Å². The van der Waals surface area contributed by atoms with E-state index in [1.165, 1.54) is 77.9 Å². The van der Waals surface area contributed by atoms with E-state index < -0.39 is 5.31 Å². The van der Waals surface area contributed by atoms with Crippen molar-refractivity contribution in [2.75, 3.05) is 6.16 Å². The molecule has 0 nitrogen and oxygen atoms in total. The van der Waals surface area contributed by atoms with Crippen LogP contribution in [0.15, 0.2) is 64.9 Å². The van der Waals surface area contributed by atoms with Crippen molar-refractivity contribution in [1.29, 1.82) is 0 Å². The van der Waals surface area contributed by atoms with Gasteiger partial charge in [0.15, 0.2) is 0 Å². The zero-order valence-corrected chi connectivity index (χ0v) is 22.9. The fraction of sp³-hybridized carbons (Fsp3) is 0.481. The van der Waals surface area contributed by atoms with E-state index >= 15 is 0 Å². The summed E-state index contributed by atoms with van der Waals surface area (Å²) in [5, 5.41) is 0.279. The quantitative estimate of drug-likeness (QED) is 0.204. The van der Waals surface area contributed by atoms with Crippen molar-refractivity contribution in [3.05, 3.63) is 70.5 Å². The van der Waals surface area contributed by atoms with Gasteiger partial charge in [-0.15, -0.1) is 0 Å². The summed E-state index contributed by atoms with van der Waals surface area (Å²) in [7, 11) is 0. The standard InChI is InChI=1S/C27H37Br2P/c1-4-5-6-7-8-9-10-16-21-30(29,23-17-12-11-13-18-23)25-20-15-14-19-24(25)27(2,3)22-26(30)28/h11-15,17-20,22H,4-10,16,21H2,1-3H3. The Balaban J connectivity index is 1.93. The maximum atomic E-state index is 4.55. The monoisotopic (exact) mass is 550 g/mol. The van der Waals surface area contributed by atoms with Crippen LogP contribution >= 0.6 is 36.7 Å². The number of halogens is 2. The van der Waals surface area contributed by atoms with Crippen LogP contribution in [-0.4, -0.2) is 6.16 Å². The van der Waals surface area contributed by atoms with Gasteiger partial charge in [0.2, 0.25) is 0 Å². The van der Waals surface area contributed by atoms with Crippen LogP contribution in [0.4, 0.5) is 0 Å². The number of hydrogen-bond acceptors (Lipinski definition) is 0. The molecule has 0 amide bonds. The summed E-state index contributed by atoms with van der Waals surface area (Å²) >= 11 is 8.68. The maximum absolute atomic E-state index is 4.55. The molecule has 0 aliphatic carbocycles. The number of fused-ring (bicyclic) bond motifs is 1. The van der Waals surface area contributed by atoms with Gasteiger partial charge in [-0.25, -0.2) is 0 Å². The summed E-state index contributed by atoms with van der Waals surface area (Å²) in [6.45, 7) is 6.96. The minimum absolute atomic E-state index is 0.0264. The molecule has 0 fully saturated rings. The Bertz CT molecular complexity index is 873. The first kappa shape index (κ1) is 24.2. The molecule has 1 heterocycles. The van der Waals surface area contributed by atoms with Gasteiger partial charge in [-0.1, -0.05) is 0 Å². The van der Waals surface area contributed by atoms with Gasteiger partial charge in [0.05, 0.1) is 0 Å². The third-order valence-corrected chi connectivity index (χ3v) is 20.3. The summed E-state index contributed by atoms with van der Waals surface area (Å²) in [6.07, 6.45) is 14.4. The average molecular weight is 552 g/mol. The molecule has 0 atom stereocenters. The normalized spacial score (nSPS) is 19.9. The van der Waals surface area contributed by atoms with E-state index in [-0.39, 0.29) is 5.41 Å². The molecule has 2 aromatic rings. The molecule has 0 saturated heterocycles. The van der Waals surface area contributed by atoms with Gasteiger partial charge in [-0.05, 0) is 0 Å². The molecule has 1 aliphatic heterocycles. The van der Waals surface area contributed by atoms with Gasteiger partial charge in [0, 0.05) is 0 Å². The van der Waals surface area contributed by atoms with E-state index in [2.05, 4.69) is 113 Å². The molecule has 1 aliphatic rings. The zero-order valence-electron chi connectivity index (χ0n) is 18.8. The second kappa shape index (κ2) is 10.0. The van der Waals surface area contributed by atoms with Crippen LogP contribution in [0.1, 0.15) is 77.7 Å². The molecule has 0 N–H and O–H groups in total. The van der Waals surface area contributed by atoms with Gasteiger partial charge >= 0.3 is 202 Å². The Morgan fingerprint density at radius 3 is 2.00 bits per heavy atom. The first-order valence-electron chi connectivity index (χ1n) is 11.6. The van der Waals surface area contributed by atoms with Crippen LogP contribution in [-0.2, 0) is 5.41 Å². The second-order valence-corrected chi connectivity index (χ2v) is 19.9. The van der Waals surface area contributed by atoms with Gasteiger partial charge in [0.25, 0.3) is 0 Å². The molecule has 2 aromatic carbocycles. The third kappa shape index (κ3) is 4.53. The van der Waals surface area contributed by atoms with E-state index in [0.717, 1.165) is 0 Å². The molecule has 0 spiro atoms. The third-order valence-electron chi connectivity index (χ3n) is 6.75. The first-order valence-corrected chi connectivity index (χ1v) is 16.9. The molecule has 0 unspecified atom stereocenters. The Morgan fingerprint density at radius 1 is 0.767 bits per heavy atom. The molecular weight excluding hydrogens is 515 g/mol. The Kier molecular flexibility index (Phi) is 8.08. The first-order chi connectivity index (χ1) is 14.3. The number of unbranched alkanes of at least 4 members (excludes halogenated alkanes) is 7. The number of hydrogen-bond donors (Lipinski definition) is 0. The van der Waals surface area contributed by atoms with Crippen LogP contribution < -0.4 is 10.6 Å². The molecule has 0 aromatic heterocycles. The number of rotatable bonds is 10. The van der Waals surface area contributed by atoms with E-state index in [1.807, 2.05) is 0 Å². The summed E-state index contributed by atoms with van der Waals surface area (Å²) in [6, 6.07) is 20.3. The van der Waals surface area contributed by atoms with Crippen LogP contribution in [0, 0.1) is 0 Å². The van der Waals surface area contributed by atoms with E-state index in [4.69, 9.17) is 0 Å². The predicted molar refractivity (Wildman–Crippen MR) is 146 cm³/mol. The molecular formula is C27H37Br2P. The van der Waals surface area contributed by atoms with Crippen molar-refractivity contribution >= 4 is 47.3 Å². The molecule has 3 heteroatoms. The summed E-state index contributed by atoms with van der Waals surface area (Å²) < 4.78 is 1.37. The summed E-state index contributed by atoms with van der Waals surface area (Å²) in [4.78, 5) is 0. The molecule has 30 heavy (non-hydrogen) atoms. The van der Waals surface area contributed by atoms with Crippen LogP contribution in [0.5, 0.6) is 0 Å². The fourth-order valence-electron chi connectivity index (χ4n) is 4.95. The Hall–Kier alpha value is -0.430. The van der Waals surface area contributed by atoms with E-state index in [1.54, 1.807) is 0 Å². The Morgan fingerprint density at radius 2 is 1.33 bits per heavy atom. The van der Waals surface area contributed by atoms with Crippen molar-refractivity contribution < 1.29 is 0 Å². The zero-order chi connectivity index (χ0) is 21.7. The SMILES string of the molecule is CCCCCCCCCCP1(Br)(c2ccccc2)C(Br)=CC(C)(C)c2ccccc21. The average Bonchev–Trinajstić information content (AvgIpc) is 2.75. The number of allylic oxidation sites excluding steroid dienone is 1. The predicted octanol–water partition coefficient (Wildman–Crippen LogP) is 9.17. The fourth-order valence-corrected chi connectivity index (χ4v) is 14.9. The van der Waals surface area contributed by atoms with E-state index in [9.17, 15) is 0 Å². The minimum atomic E-state index is -2.67. The van der Waals surface area contributed by atoms with Crippen LogP contribution in [0.2, 0.25) is 0 Å². The Labute approximate surface area is 200 Å². The van der Waals surface area contributed by atoms with Crippen molar-refractivity contribution in [1.82, 2.24) is 0 Å². The molecule has 0 radical (unpaired) electrons. The van der Waals surface area contributed by atoms with Crippen molar-refractivity contribution in [3.63, 3.8) is 0 Å². The summed E-state index contributed by atoms with van der Waals surface area (Å²) in [5.74, 6) is 0. The molecule has 164 valence electrons. The molecule has 3 rings (SSSR count). The number of benzene rings is 2.